The van der Waals surface area contributed by atoms with Crippen molar-refractivity contribution < 1.29 is 23.5 Å². The Hall–Kier alpha value is -5.39. The summed E-state index contributed by atoms with van der Waals surface area (Å²) in [5.74, 6) is -2.02. The van der Waals surface area contributed by atoms with Crippen LogP contribution in [0.5, 0.6) is 0 Å². The van der Waals surface area contributed by atoms with Crippen LogP contribution in [0.2, 0.25) is 0 Å². The van der Waals surface area contributed by atoms with Gasteiger partial charge in [-0.2, -0.15) is 5.10 Å². The predicted octanol–water partition coefficient (Wildman–Crippen LogP) is 5.02. The molecule has 0 spiro atoms. The van der Waals surface area contributed by atoms with Crippen molar-refractivity contribution in [3.05, 3.63) is 95.6 Å². The number of rotatable bonds is 6. The van der Waals surface area contributed by atoms with E-state index < -0.39 is 35.5 Å². The molecular formula is C32H32FN7O4. The van der Waals surface area contributed by atoms with E-state index in [-0.39, 0.29) is 22.6 Å². The molecule has 5 rings (SSSR count). The highest BCUT2D eigenvalue weighted by atomic mass is 19.1. The minimum atomic E-state index is -1.30. The van der Waals surface area contributed by atoms with Crippen LogP contribution in [0.15, 0.2) is 78.0 Å². The number of amides is 3. The van der Waals surface area contributed by atoms with Gasteiger partial charge < -0.3 is 15.4 Å². The molecule has 4 aromatic rings. The number of benzodiazepines with no additional fused rings is 1. The molecule has 3 amide bonds. The van der Waals surface area contributed by atoms with Gasteiger partial charge >= 0.3 is 6.09 Å². The molecule has 3 heterocycles. The van der Waals surface area contributed by atoms with Crippen LogP contribution >= 0.6 is 0 Å². The normalized spacial score (nSPS) is 14.5. The lowest BCUT2D eigenvalue weighted by atomic mass is 10.0. The number of ether oxygens (including phenoxy) is 1. The first-order valence-electron chi connectivity index (χ1n) is 14.0. The molecule has 1 unspecified atom stereocenters. The van der Waals surface area contributed by atoms with Gasteiger partial charge in [-0.3, -0.25) is 19.2 Å². The molecular weight excluding hydrogens is 565 g/mol. The zero-order chi connectivity index (χ0) is 31.6. The fraction of sp³-hybridized carbons (Fsp3) is 0.250. The van der Waals surface area contributed by atoms with Gasteiger partial charge in [0.1, 0.15) is 17.0 Å². The van der Waals surface area contributed by atoms with E-state index in [1.165, 1.54) is 24.1 Å². The van der Waals surface area contributed by atoms with Crippen molar-refractivity contribution in [3.63, 3.8) is 0 Å². The highest BCUT2D eigenvalue weighted by molar-refractivity contribution is 6.20. The van der Waals surface area contributed by atoms with Crippen LogP contribution in [0.4, 0.5) is 20.6 Å². The first-order valence-corrected chi connectivity index (χ1v) is 14.0. The smallest absolute Gasteiger partial charge is 0.414 e. The van der Waals surface area contributed by atoms with E-state index in [1.807, 2.05) is 42.5 Å². The first kappa shape index (κ1) is 30.1. The van der Waals surface area contributed by atoms with Gasteiger partial charge in [0.15, 0.2) is 5.82 Å². The van der Waals surface area contributed by atoms with Crippen molar-refractivity contribution in [2.45, 2.75) is 46.0 Å². The number of carbonyl (C=O) groups excluding carboxylic acids is 3. The lowest BCUT2D eigenvalue weighted by Gasteiger charge is -2.24. The maximum absolute atomic E-state index is 15.6. The second-order valence-electron chi connectivity index (χ2n) is 11.0. The van der Waals surface area contributed by atoms with E-state index in [0.717, 1.165) is 16.5 Å². The average molecular weight is 598 g/mol. The van der Waals surface area contributed by atoms with Crippen LogP contribution in [-0.2, 0) is 16.1 Å². The van der Waals surface area contributed by atoms with Crippen LogP contribution in [0.25, 0.3) is 11.4 Å². The molecule has 0 saturated carbocycles. The van der Waals surface area contributed by atoms with Gasteiger partial charge in [-0.05, 0) is 33.8 Å². The molecule has 0 bridgehead atoms. The molecule has 0 aliphatic carbocycles. The summed E-state index contributed by atoms with van der Waals surface area (Å²) in [6.07, 6.45) is 0.625. The van der Waals surface area contributed by atoms with Crippen molar-refractivity contribution in [1.82, 2.24) is 20.1 Å². The topological polar surface area (TPSA) is 131 Å². The third-order valence-electron chi connectivity index (χ3n) is 6.75. The zero-order valence-electron chi connectivity index (χ0n) is 25.0. The van der Waals surface area contributed by atoms with Gasteiger partial charge in [0, 0.05) is 30.8 Å². The molecule has 2 aromatic carbocycles. The summed E-state index contributed by atoms with van der Waals surface area (Å²) in [6.45, 7) is 7.27. The lowest BCUT2D eigenvalue weighted by Crippen LogP contribution is -2.42. The number of hydrogen-bond donors (Lipinski definition) is 2. The zero-order valence-corrected chi connectivity index (χ0v) is 25.0. The molecule has 0 radical (unpaired) electrons. The molecule has 12 heteroatoms. The summed E-state index contributed by atoms with van der Waals surface area (Å²) in [4.78, 5) is 49.5. The van der Waals surface area contributed by atoms with E-state index in [4.69, 9.17) is 4.74 Å². The summed E-state index contributed by atoms with van der Waals surface area (Å²) in [5.41, 5.74) is 1.91. The maximum atomic E-state index is 15.6. The molecule has 1 aliphatic rings. The van der Waals surface area contributed by atoms with E-state index in [1.54, 1.807) is 39.8 Å². The minimum Gasteiger partial charge on any atom is -0.443 e. The van der Waals surface area contributed by atoms with Gasteiger partial charge in [-0.25, -0.2) is 19.2 Å². The van der Waals surface area contributed by atoms with Gasteiger partial charge in [-0.1, -0.05) is 48.5 Å². The van der Waals surface area contributed by atoms with Crippen molar-refractivity contribution in [2.75, 3.05) is 17.3 Å². The Morgan fingerprint density at radius 1 is 1.09 bits per heavy atom. The van der Waals surface area contributed by atoms with Crippen LogP contribution in [0.3, 0.4) is 0 Å². The van der Waals surface area contributed by atoms with Crippen molar-refractivity contribution in [1.29, 1.82) is 0 Å². The molecule has 1 atom stereocenters. The summed E-state index contributed by atoms with van der Waals surface area (Å²) < 4.78 is 22.4. The molecule has 2 aromatic heterocycles. The van der Waals surface area contributed by atoms with Crippen LogP contribution < -0.4 is 15.5 Å². The fourth-order valence-corrected chi connectivity index (χ4v) is 4.65. The Kier molecular flexibility index (Phi) is 8.26. The summed E-state index contributed by atoms with van der Waals surface area (Å²) in [6, 6.07) is 17.7. The van der Waals surface area contributed by atoms with Gasteiger partial charge in [0.25, 0.3) is 11.8 Å². The van der Waals surface area contributed by atoms with Crippen LogP contribution in [-0.4, -0.2) is 57.2 Å². The number of benzene rings is 2. The second-order valence-corrected chi connectivity index (χ2v) is 11.0. The monoisotopic (exact) mass is 597 g/mol. The highest BCUT2D eigenvalue weighted by Crippen LogP contribution is 2.29. The number of anilines is 2. The third-order valence-corrected chi connectivity index (χ3v) is 6.75. The number of halogens is 1. The van der Waals surface area contributed by atoms with Gasteiger partial charge in [0.05, 0.1) is 35.0 Å². The minimum absolute atomic E-state index is 0.00230. The summed E-state index contributed by atoms with van der Waals surface area (Å²) in [5, 5.41) is 9.77. The molecule has 11 nitrogen and oxygen atoms in total. The Morgan fingerprint density at radius 2 is 1.80 bits per heavy atom. The molecule has 1 aliphatic heterocycles. The third kappa shape index (κ3) is 6.19. The summed E-state index contributed by atoms with van der Waals surface area (Å²) in [7, 11) is 1.44. The van der Waals surface area contributed by atoms with E-state index in [2.05, 4.69) is 25.7 Å². The summed E-state index contributed by atoms with van der Waals surface area (Å²) >= 11 is 0. The lowest BCUT2D eigenvalue weighted by molar-refractivity contribution is -0.117. The van der Waals surface area contributed by atoms with Gasteiger partial charge in [-0.15, -0.1) is 0 Å². The average Bonchev–Trinajstić information content (AvgIpc) is 3.37. The molecule has 2 N–H and O–H groups in total. The standard InChI is InChI=1S/C32H32FN7O4/c1-6-40-27(26-23(33)16-20(17-34-26)39(5)31(43)44-32(2,3)4)22(18-35-40)29(41)38-28-30(42)36-24-15-11-10-14-21(24)25(37-28)19-12-8-7-9-13-19/h7-18,28H,6H2,1-5H3,(H,36,42)(H,38,41). The fourth-order valence-electron chi connectivity index (χ4n) is 4.65. The SMILES string of the molecule is CCn1ncc(C(=O)NC2N=C(c3ccccc3)c3ccccc3NC2=O)c1-c1ncc(N(C)C(=O)OC(C)(C)C)cc1F. The number of pyridine rings is 1. The number of aryl methyl sites for hydroxylation is 1. The molecule has 44 heavy (non-hydrogen) atoms. The van der Waals surface area contributed by atoms with Gasteiger partial charge in [0.2, 0.25) is 6.17 Å². The molecule has 0 fully saturated rings. The Morgan fingerprint density at radius 3 is 2.48 bits per heavy atom. The number of nitrogens with one attached hydrogen (secondary N) is 2. The van der Waals surface area contributed by atoms with Crippen LogP contribution in [0, 0.1) is 5.82 Å². The van der Waals surface area contributed by atoms with E-state index in [9.17, 15) is 14.4 Å². The number of para-hydroxylation sites is 1. The van der Waals surface area contributed by atoms with E-state index >= 15 is 4.39 Å². The maximum Gasteiger partial charge on any atom is 0.414 e. The van der Waals surface area contributed by atoms with Crippen molar-refractivity contribution in [3.8, 4) is 11.4 Å². The number of carbonyl (C=O) groups is 3. The number of aliphatic imine (C=N–C) groups is 1. The quantitative estimate of drug-likeness (QED) is 0.321. The highest BCUT2D eigenvalue weighted by Gasteiger charge is 2.30. The van der Waals surface area contributed by atoms with Crippen LogP contribution in [0.1, 0.15) is 49.2 Å². The first-order chi connectivity index (χ1) is 21.0. The second kappa shape index (κ2) is 12.1. The van der Waals surface area contributed by atoms with Crippen molar-refractivity contribution >= 4 is 35.0 Å². The number of hydrogen-bond acceptors (Lipinski definition) is 7. The number of fused-ring (bicyclic) bond motifs is 1. The Bertz CT molecular complexity index is 1760. The van der Waals surface area contributed by atoms with Crippen molar-refractivity contribution in [2.24, 2.45) is 4.99 Å². The predicted molar refractivity (Wildman–Crippen MR) is 164 cm³/mol. The molecule has 226 valence electrons. The Labute approximate surface area is 253 Å². The largest absolute Gasteiger partial charge is 0.443 e. The van der Waals surface area contributed by atoms with E-state index in [0.29, 0.717) is 23.5 Å². The molecule has 0 saturated heterocycles. The number of aromatic nitrogens is 3. The number of nitrogens with zero attached hydrogens (tertiary/aromatic N) is 5. The Balaban J connectivity index is 1.47.